The van der Waals surface area contributed by atoms with Crippen LogP contribution in [-0.2, 0) is 0 Å². The minimum Gasteiger partial charge on any atom is -0.244 e. The Labute approximate surface area is 86.1 Å². The van der Waals surface area contributed by atoms with Crippen molar-refractivity contribution in [3.05, 3.63) is 30.4 Å². The van der Waals surface area contributed by atoms with Gasteiger partial charge in [-0.2, -0.15) is 0 Å². The molecule has 0 radical (unpaired) electrons. The molecule has 0 spiro atoms. The molecule has 14 heavy (non-hydrogen) atoms. The van der Waals surface area contributed by atoms with Gasteiger partial charge in [0.1, 0.15) is 6.33 Å². The molecule has 76 valence electrons. The monoisotopic (exact) mass is 190 g/mol. The summed E-state index contributed by atoms with van der Waals surface area (Å²) in [6.45, 7) is 4.39. The molecule has 2 nitrogen and oxygen atoms in total. The van der Waals surface area contributed by atoms with Crippen LogP contribution in [0.15, 0.2) is 24.8 Å². The second-order valence-electron chi connectivity index (χ2n) is 3.40. The van der Waals surface area contributed by atoms with Crippen LogP contribution in [0.1, 0.15) is 45.1 Å². The fraction of sp³-hybridized carbons (Fsp3) is 0.500. The maximum absolute atomic E-state index is 4.04. The first-order chi connectivity index (χ1) is 6.88. The van der Waals surface area contributed by atoms with E-state index >= 15 is 0 Å². The summed E-state index contributed by atoms with van der Waals surface area (Å²) >= 11 is 0. The van der Waals surface area contributed by atoms with E-state index in [1.54, 1.807) is 6.33 Å². The van der Waals surface area contributed by atoms with Crippen LogP contribution in [0, 0.1) is 0 Å². The van der Waals surface area contributed by atoms with Crippen LogP contribution in [-0.4, -0.2) is 9.97 Å². The molecule has 0 bridgehead atoms. The summed E-state index contributed by atoms with van der Waals surface area (Å²) in [5, 5.41) is 0. The van der Waals surface area contributed by atoms with Crippen molar-refractivity contribution in [1.29, 1.82) is 0 Å². The molecule has 0 aliphatic carbocycles. The van der Waals surface area contributed by atoms with Gasteiger partial charge in [0.2, 0.25) is 0 Å². The Bertz CT molecular complexity index is 278. The molecule has 1 rings (SSSR count). The molecule has 0 amide bonds. The lowest BCUT2D eigenvalue weighted by Gasteiger charge is -2.04. The first-order valence-corrected chi connectivity index (χ1v) is 5.32. The van der Waals surface area contributed by atoms with Crippen LogP contribution in [0.25, 0.3) is 5.57 Å². The lowest BCUT2D eigenvalue weighted by atomic mass is 10.0. The van der Waals surface area contributed by atoms with Gasteiger partial charge in [0, 0.05) is 18.0 Å². The molecule has 0 atom stereocenters. The van der Waals surface area contributed by atoms with Crippen molar-refractivity contribution >= 4 is 5.57 Å². The second kappa shape index (κ2) is 6.30. The van der Waals surface area contributed by atoms with E-state index in [2.05, 4.69) is 29.9 Å². The fourth-order valence-electron chi connectivity index (χ4n) is 1.42. The maximum Gasteiger partial charge on any atom is 0.115 e. The Kier molecular flexibility index (Phi) is 4.90. The third-order valence-corrected chi connectivity index (χ3v) is 2.13. The van der Waals surface area contributed by atoms with Gasteiger partial charge in [-0.3, -0.25) is 0 Å². The summed E-state index contributed by atoms with van der Waals surface area (Å²) < 4.78 is 0. The first kappa shape index (κ1) is 10.9. The molecule has 1 aromatic rings. The maximum atomic E-state index is 4.04. The topological polar surface area (TPSA) is 25.8 Å². The lowest BCUT2D eigenvalue weighted by Crippen LogP contribution is -1.87. The van der Waals surface area contributed by atoms with E-state index < -0.39 is 0 Å². The fourth-order valence-corrected chi connectivity index (χ4v) is 1.42. The van der Waals surface area contributed by atoms with Gasteiger partial charge >= 0.3 is 0 Å². The van der Waals surface area contributed by atoms with Gasteiger partial charge in [-0.1, -0.05) is 32.8 Å². The summed E-state index contributed by atoms with van der Waals surface area (Å²) in [5.74, 6) is 0. The van der Waals surface area contributed by atoms with Gasteiger partial charge in [0.05, 0.1) is 0 Å². The minimum atomic E-state index is 1.12. The highest BCUT2D eigenvalue weighted by molar-refractivity contribution is 5.63. The van der Waals surface area contributed by atoms with E-state index in [4.69, 9.17) is 0 Å². The molecule has 0 unspecified atom stereocenters. The Morgan fingerprint density at radius 1 is 1.21 bits per heavy atom. The van der Waals surface area contributed by atoms with Gasteiger partial charge in [0.15, 0.2) is 0 Å². The van der Waals surface area contributed by atoms with Gasteiger partial charge < -0.3 is 0 Å². The molecular formula is C12H18N2. The zero-order valence-corrected chi connectivity index (χ0v) is 9.03. The van der Waals surface area contributed by atoms with Gasteiger partial charge in [-0.05, 0) is 18.4 Å². The minimum absolute atomic E-state index is 1.12. The summed E-state index contributed by atoms with van der Waals surface area (Å²) in [7, 11) is 0. The van der Waals surface area contributed by atoms with Crippen LogP contribution in [0.2, 0.25) is 0 Å². The second-order valence-corrected chi connectivity index (χ2v) is 3.40. The predicted molar refractivity (Wildman–Crippen MR) is 59.8 cm³/mol. The molecule has 1 aromatic heterocycles. The number of allylic oxidation sites excluding steroid dienone is 2. The number of hydrogen-bond donors (Lipinski definition) is 0. The summed E-state index contributed by atoms with van der Waals surface area (Å²) in [4.78, 5) is 8.09. The highest BCUT2D eigenvalue weighted by Gasteiger charge is 1.99. The molecule has 0 aliphatic rings. The van der Waals surface area contributed by atoms with Crippen molar-refractivity contribution in [3.8, 4) is 0 Å². The number of rotatable bonds is 5. The molecule has 0 saturated carbocycles. The Morgan fingerprint density at radius 2 is 1.93 bits per heavy atom. The molecule has 0 N–H and O–H groups in total. The smallest absolute Gasteiger partial charge is 0.115 e. The molecule has 0 aliphatic heterocycles. The number of nitrogens with zero attached hydrogens (tertiary/aromatic N) is 2. The summed E-state index contributed by atoms with van der Waals surface area (Å²) in [6.07, 6.45) is 12.3. The third kappa shape index (κ3) is 3.29. The molecule has 0 aromatic carbocycles. The SMILES string of the molecule is CCC/C=C(\CCC)c1cncnc1. The highest BCUT2D eigenvalue weighted by atomic mass is 14.8. The van der Waals surface area contributed by atoms with E-state index in [-0.39, 0.29) is 0 Å². The van der Waals surface area contributed by atoms with Gasteiger partial charge in [-0.15, -0.1) is 0 Å². The summed E-state index contributed by atoms with van der Waals surface area (Å²) in [5.41, 5.74) is 2.55. The van der Waals surface area contributed by atoms with Crippen molar-refractivity contribution in [2.75, 3.05) is 0 Å². The van der Waals surface area contributed by atoms with Crippen LogP contribution in [0.3, 0.4) is 0 Å². The standard InChI is InChI=1S/C12H18N2/c1-3-5-7-11(6-4-2)12-8-13-10-14-9-12/h7-10H,3-6H2,1-2H3/b11-7+. The van der Waals surface area contributed by atoms with Crippen molar-refractivity contribution in [2.24, 2.45) is 0 Å². The van der Waals surface area contributed by atoms with Crippen molar-refractivity contribution in [3.63, 3.8) is 0 Å². The zero-order chi connectivity index (χ0) is 10.2. The molecule has 0 saturated heterocycles. The number of hydrogen-bond acceptors (Lipinski definition) is 2. The normalized spacial score (nSPS) is 11.7. The summed E-state index contributed by atoms with van der Waals surface area (Å²) in [6, 6.07) is 0. The van der Waals surface area contributed by atoms with Crippen LogP contribution in [0.4, 0.5) is 0 Å². The third-order valence-electron chi connectivity index (χ3n) is 2.13. The highest BCUT2D eigenvalue weighted by Crippen LogP contribution is 2.18. The quantitative estimate of drug-likeness (QED) is 0.710. The zero-order valence-electron chi connectivity index (χ0n) is 9.03. The number of aromatic nitrogens is 2. The van der Waals surface area contributed by atoms with Crippen molar-refractivity contribution in [2.45, 2.75) is 39.5 Å². The van der Waals surface area contributed by atoms with Gasteiger partial charge in [-0.25, -0.2) is 9.97 Å². The lowest BCUT2D eigenvalue weighted by molar-refractivity contribution is 0.930. The average Bonchev–Trinajstić information content (AvgIpc) is 2.25. The van der Waals surface area contributed by atoms with Crippen molar-refractivity contribution < 1.29 is 0 Å². The van der Waals surface area contributed by atoms with Crippen LogP contribution < -0.4 is 0 Å². The number of unbranched alkanes of at least 4 members (excludes halogenated alkanes) is 1. The van der Waals surface area contributed by atoms with E-state index in [0.29, 0.717) is 0 Å². The van der Waals surface area contributed by atoms with Crippen LogP contribution in [0.5, 0.6) is 0 Å². The molecule has 0 fully saturated rings. The van der Waals surface area contributed by atoms with E-state index in [9.17, 15) is 0 Å². The Morgan fingerprint density at radius 3 is 2.50 bits per heavy atom. The first-order valence-electron chi connectivity index (χ1n) is 5.32. The predicted octanol–water partition coefficient (Wildman–Crippen LogP) is 3.46. The van der Waals surface area contributed by atoms with Crippen LogP contribution >= 0.6 is 0 Å². The molecular weight excluding hydrogens is 172 g/mol. The van der Waals surface area contributed by atoms with Gasteiger partial charge in [0.25, 0.3) is 0 Å². The Balaban J connectivity index is 2.77. The van der Waals surface area contributed by atoms with Crippen molar-refractivity contribution in [1.82, 2.24) is 9.97 Å². The molecule has 2 heteroatoms. The van der Waals surface area contributed by atoms with E-state index in [1.807, 2.05) is 12.4 Å². The van der Waals surface area contributed by atoms with E-state index in [1.165, 1.54) is 24.0 Å². The Hall–Kier alpha value is -1.18. The molecule has 1 heterocycles. The largest absolute Gasteiger partial charge is 0.244 e. The van der Waals surface area contributed by atoms with E-state index in [0.717, 1.165) is 12.8 Å². The average molecular weight is 190 g/mol.